The van der Waals surface area contributed by atoms with E-state index in [0.717, 1.165) is 19.4 Å². The van der Waals surface area contributed by atoms with E-state index in [0.29, 0.717) is 13.2 Å². The molecule has 0 aromatic rings. The lowest BCUT2D eigenvalue weighted by Crippen LogP contribution is -2.43. The molecule has 0 aromatic heterocycles. The predicted molar refractivity (Wildman–Crippen MR) is 51.5 cm³/mol. The highest BCUT2D eigenvalue weighted by Gasteiger charge is 2.23. The second kappa shape index (κ2) is 5.61. The molecule has 1 aliphatic rings. The van der Waals surface area contributed by atoms with Crippen molar-refractivity contribution in [1.29, 1.82) is 5.26 Å². The quantitative estimate of drug-likeness (QED) is 0.674. The Kier molecular flexibility index (Phi) is 4.41. The van der Waals surface area contributed by atoms with Gasteiger partial charge in [0.1, 0.15) is 6.42 Å². The Bertz CT molecular complexity index is 233. The van der Waals surface area contributed by atoms with E-state index in [1.165, 1.54) is 0 Å². The summed E-state index contributed by atoms with van der Waals surface area (Å²) < 4.78 is 5.46. The van der Waals surface area contributed by atoms with Gasteiger partial charge in [0, 0.05) is 19.7 Å². The van der Waals surface area contributed by atoms with Crippen LogP contribution in [-0.2, 0) is 9.53 Å². The molecule has 1 amide bonds. The molecule has 0 radical (unpaired) electrons. The number of carbonyl (C=O) groups excluding carboxylic acids is 1. The normalized spacial score (nSPS) is 21.7. The number of hydrogen-bond acceptors (Lipinski definition) is 3. The lowest BCUT2D eigenvalue weighted by Gasteiger charge is -2.32. The van der Waals surface area contributed by atoms with Crippen LogP contribution in [0.2, 0.25) is 0 Å². The van der Waals surface area contributed by atoms with Crippen molar-refractivity contribution < 1.29 is 9.53 Å². The van der Waals surface area contributed by atoms with E-state index in [1.54, 1.807) is 4.90 Å². The molecule has 1 fully saturated rings. The SMILES string of the molecule is CCOC1CCCN(C(=O)CC#N)C1. The Balaban J connectivity index is 2.40. The van der Waals surface area contributed by atoms with Crippen molar-refractivity contribution >= 4 is 5.91 Å². The molecule has 0 N–H and O–H groups in total. The Morgan fingerprint density at radius 3 is 3.14 bits per heavy atom. The number of likely N-dealkylation sites (tertiary alicyclic amines) is 1. The maximum absolute atomic E-state index is 11.4. The van der Waals surface area contributed by atoms with Crippen LogP contribution in [0.3, 0.4) is 0 Å². The van der Waals surface area contributed by atoms with Gasteiger partial charge in [0.2, 0.25) is 5.91 Å². The van der Waals surface area contributed by atoms with Crippen LogP contribution < -0.4 is 0 Å². The minimum absolute atomic E-state index is 0.0150. The highest BCUT2D eigenvalue weighted by atomic mass is 16.5. The number of ether oxygens (including phenoxy) is 1. The Morgan fingerprint density at radius 1 is 1.71 bits per heavy atom. The summed E-state index contributed by atoms with van der Waals surface area (Å²) >= 11 is 0. The van der Waals surface area contributed by atoms with Gasteiger partial charge in [-0.1, -0.05) is 0 Å². The number of rotatable bonds is 3. The standard InChI is InChI=1S/C10H16N2O2/c1-2-14-9-4-3-7-12(8-9)10(13)5-6-11/h9H,2-5,7-8H2,1H3. The number of nitrogens with zero attached hydrogens (tertiary/aromatic N) is 2. The molecule has 0 bridgehead atoms. The molecular weight excluding hydrogens is 180 g/mol. The smallest absolute Gasteiger partial charge is 0.236 e. The van der Waals surface area contributed by atoms with E-state index in [-0.39, 0.29) is 18.4 Å². The van der Waals surface area contributed by atoms with Crippen LogP contribution in [0.5, 0.6) is 0 Å². The van der Waals surface area contributed by atoms with Crippen LogP contribution in [0.15, 0.2) is 0 Å². The van der Waals surface area contributed by atoms with Gasteiger partial charge in [0.15, 0.2) is 0 Å². The summed E-state index contributed by atoms with van der Waals surface area (Å²) in [7, 11) is 0. The van der Waals surface area contributed by atoms with Crippen LogP contribution in [0.25, 0.3) is 0 Å². The molecule has 0 aliphatic carbocycles. The maximum atomic E-state index is 11.4. The molecule has 0 saturated carbocycles. The zero-order chi connectivity index (χ0) is 10.4. The molecule has 1 aliphatic heterocycles. The van der Waals surface area contributed by atoms with Crippen LogP contribution in [0.1, 0.15) is 26.2 Å². The molecule has 1 rings (SSSR count). The molecule has 1 atom stereocenters. The van der Waals surface area contributed by atoms with Crippen LogP contribution in [0.4, 0.5) is 0 Å². The van der Waals surface area contributed by atoms with Crippen LogP contribution >= 0.6 is 0 Å². The number of amides is 1. The van der Waals surface area contributed by atoms with Gasteiger partial charge in [-0.3, -0.25) is 4.79 Å². The molecule has 0 aromatic carbocycles. The van der Waals surface area contributed by atoms with Gasteiger partial charge in [0.25, 0.3) is 0 Å². The number of nitriles is 1. The van der Waals surface area contributed by atoms with E-state index in [4.69, 9.17) is 10.00 Å². The van der Waals surface area contributed by atoms with E-state index in [1.807, 2.05) is 13.0 Å². The Morgan fingerprint density at radius 2 is 2.50 bits per heavy atom. The van der Waals surface area contributed by atoms with Crippen molar-refractivity contribution in [2.24, 2.45) is 0 Å². The summed E-state index contributed by atoms with van der Waals surface area (Å²) in [6.45, 7) is 4.05. The van der Waals surface area contributed by atoms with Crippen molar-refractivity contribution in [1.82, 2.24) is 4.90 Å². The largest absolute Gasteiger partial charge is 0.377 e. The zero-order valence-corrected chi connectivity index (χ0v) is 8.53. The molecular formula is C10H16N2O2. The zero-order valence-electron chi connectivity index (χ0n) is 8.53. The van der Waals surface area contributed by atoms with Gasteiger partial charge in [-0.05, 0) is 19.8 Å². The van der Waals surface area contributed by atoms with Gasteiger partial charge in [0.05, 0.1) is 12.2 Å². The van der Waals surface area contributed by atoms with Crippen molar-refractivity contribution in [3.8, 4) is 6.07 Å². The van der Waals surface area contributed by atoms with Crippen molar-refractivity contribution in [2.45, 2.75) is 32.3 Å². The minimum atomic E-state index is -0.0723. The predicted octanol–water partition coefficient (Wildman–Crippen LogP) is 0.928. The maximum Gasteiger partial charge on any atom is 0.236 e. The summed E-state index contributed by atoms with van der Waals surface area (Å²) in [6, 6.07) is 1.88. The molecule has 4 heteroatoms. The number of carbonyl (C=O) groups is 1. The summed E-state index contributed by atoms with van der Waals surface area (Å²) in [6.07, 6.45) is 2.14. The third-order valence-electron chi connectivity index (χ3n) is 2.36. The average Bonchev–Trinajstić information content (AvgIpc) is 2.19. The lowest BCUT2D eigenvalue weighted by atomic mass is 10.1. The second-order valence-electron chi connectivity index (χ2n) is 3.39. The van der Waals surface area contributed by atoms with Gasteiger partial charge in [-0.2, -0.15) is 5.26 Å². The summed E-state index contributed by atoms with van der Waals surface area (Å²) in [5.41, 5.74) is 0. The molecule has 1 unspecified atom stereocenters. The van der Waals surface area contributed by atoms with E-state index in [2.05, 4.69) is 0 Å². The van der Waals surface area contributed by atoms with Gasteiger partial charge in [-0.15, -0.1) is 0 Å². The van der Waals surface area contributed by atoms with Gasteiger partial charge < -0.3 is 9.64 Å². The first-order valence-corrected chi connectivity index (χ1v) is 5.04. The van der Waals surface area contributed by atoms with E-state index < -0.39 is 0 Å². The fourth-order valence-corrected chi connectivity index (χ4v) is 1.72. The van der Waals surface area contributed by atoms with Crippen LogP contribution in [0, 0.1) is 11.3 Å². The first kappa shape index (κ1) is 11.0. The third kappa shape index (κ3) is 3.00. The molecule has 1 heterocycles. The molecule has 1 saturated heterocycles. The topological polar surface area (TPSA) is 53.3 Å². The Labute approximate surface area is 84.4 Å². The fraction of sp³-hybridized carbons (Fsp3) is 0.800. The monoisotopic (exact) mass is 196 g/mol. The number of hydrogen-bond donors (Lipinski definition) is 0. The van der Waals surface area contributed by atoms with Crippen molar-refractivity contribution in [3.05, 3.63) is 0 Å². The number of piperidine rings is 1. The first-order chi connectivity index (χ1) is 6.77. The summed E-state index contributed by atoms with van der Waals surface area (Å²) in [4.78, 5) is 13.1. The summed E-state index contributed by atoms with van der Waals surface area (Å²) in [5.74, 6) is -0.0723. The lowest BCUT2D eigenvalue weighted by molar-refractivity contribution is -0.134. The van der Waals surface area contributed by atoms with Gasteiger partial charge >= 0.3 is 0 Å². The van der Waals surface area contributed by atoms with Gasteiger partial charge in [-0.25, -0.2) is 0 Å². The van der Waals surface area contributed by atoms with Crippen molar-refractivity contribution in [3.63, 3.8) is 0 Å². The van der Waals surface area contributed by atoms with E-state index >= 15 is 0 Å². The fourth-order valence-electron chi connectivity index (χ4n) is 1.72. The van der Waals surface area contributed by atoms with Crippen LogP contribution in [-0.4, -0.2) is 36.6 Å². The highest BCUT2D eigenvalue weighted by Crippen LogP contribution is 2.13. The minimum Gasteiger partial charge on any atom is -0.377 e. The highest BCUT2D eigenvalue weighted by molar-refractivity contribution is 5.78. The molecule has 14 heavy (non-hydrogen) atoms. The Hall–Kier alpha value is -1.08. The molecule has 0 spiro atoms. The second-order valence-corrected chi connectivity index (χ2v) is 3.39. The molecule has 78 valence electrons. The first-order valence-electron chi connectivity index (χ1n) is 5.04. The average molecular weight is 196 g/mol. The third-order valence-corrected chi connectivity index (χ3v) is 2.36. The molecule has 4 nitrogen and oxygen atoms in total. The summed E-state index contributed by atoms with van der Waals surface area (Å²) in [5, 5.41) is 8.41. The van der Waals surface area contributed by atoms with E-state index in [9.17, 15) is 4.79 Å². The van der Waals surface area contributed by atoms with Crippen molar-refractivity contribution in [2.75, 3.05) is 19.7 Å².